The molecule has 0 spiro atoms. The molecule has 25 heavy (non-hydrogen) atoms. The Morgan fingerprint density at radius 2 is 2.12 bits per heavy atom. The van der Waals surface area contributed by atoms with E-state index in [1.807, 2.05) is 18.2 Å². The highest BCUT2D eigenvalue weighted by atomic mass is 32.1. The largest absolute Gasteiger partial charge is 0.485 e. The summed E-state index contributed by atoms with van der Waals surface area (Å²) >= 11 is 1.41. The maximum Gasteiger partial charge on any atom is 0.267 e. The van der Waals surface area contributed by atoms with Crippen molar-refractivity contribution in [2.24, 2.45) is 0 Å². The summed E-state index contributed by atoms with van der Waals surface area (Å²) in [7, 11) is 0. The van der Waals surface area contributed by atoms with Crippen molar-refractivity contribution in [2.75, 3.05) is 18.5 Å². The van der Waals surface area contributed by atoms with Gasteiger partial charge in [0.2, 0.25) is 12.0 Å². The van der Waals surface area contributed by atoms with Gasteiger partial charge in [0.25, 0.3) is 5.91 Å². The first-order valence-electron chi connectivity index (χ1n) is 8.03. The van der Waals surface area contributed by atoms with Gasteiger partial charge in [0.05, 0.1) is 12.2 Å². The molecule has 3 heterocycles. The summed E-state index contributed by atoms with van der Waals surface area (Å²) in [4.78, 5) is 31.1. The molecule has 1 atom stereocenters. The lowest BCUT2D eigenvalue weighted by Gasteiger charge is -2.32. The smallest absolute Gasteiger partial charge is 0.267 e. The van der Waals surface area contributed by atoms with E-state index >= 15 is 0 Å². The molecule has 130 valence electrons. The van der Waals surface area contributed by atoms with Gasteiger partial charge in [-0.2, -0.15) is 0 Å². The Morgan fingerprint density at radius 3 is 2.92 bits per heavy atom. The minimum Gasteiger partial charge on any atom is -0.485 e. The van der Waals surface area contributed by atoms with Crippen LogP contribution in [0, 0.1) is 0 Å². The SMILES string of the molecule is CC(=O)Nc1nc2c(s1)CN(C(=O)C1COc3ccccc3O1)CC2. The van der Waals surface area contributed by atoms with Crippen LogP contribution in [-0.2, 0) is 22.6 Å². The van der Waals surface area contributed by atoms with Crippen LogP contribution in [-0.4, -0.2) is 41.0 Å². The fourth-order valence-electron chi connectivity index (χ4n) is 2.93. The number of anilines is 1. The first-order chi connectivity index (χ1) is 12.1. The molecule has 0 saturated carbocycles. The standard InChI is InChI=1S/C17H17N3O4S/c1-10(21)18-17-19-11-6-7-20(8-15(11)25-17)16(22)14-9-23-12-4-2-3-5-13(12)24-14/h2-5,14H,6-9H2,1H3,(H,18,19,21). The second kappa shape index (κ2) is 6.36. The van der Waals surface area contributed by atoms with Gasteiger partial charge in [0.15, 0.2) is 16.6 Å². The molecule has 2 aliphatic rings. The summed E-state index contributed by atoms with van der Waals surface area (Å²) < 4.78 is 11.4. The van der Waals surface area contributed by atoms with Gasteiger partial charge < -0.3 is 19.7 Å². The monoisotopic (exact) mass is 359 g/mol. The van der Waals surface area contributed by atoms with Crippen molar-refractivity contribution in [1.29, 1.82) is 0 Å². The highest BCUT2D eigenvalue weighted by Crippen LogP contribution is 2.33. The van der Waals surface area contributed by atoms with E-state index in [-0.39, 0.29) is 18.4 Å². The van der Waals surface area contributed by atoms with Crippen molar-refractivity contribution < 1.29 is 19.1 Å². The van der Waals surface area contributed by atoms with Crippen molar-refractivity contribution in [2.45, 2.75) is 26.0 Å². The predicted octanol–water partition coefficient (Wildman–Crippen LogP) is 1.83. The summed E-state index contributed by atoms with van der Waals surface area (Å²) in [6.45, 7) is 2.72. The summed E-state index contributed by atoms with van der Waals surface area (Å²) in [5, 5.41) is 3.28. The van der Waals surface area contributed by atoms with Gasteiger partial charge in [-0.15, -0.1) is 0 Å². The molecule has 7 nitrogen and oxygen atoms in total. The minimum atomic E-state index is -0.640. The Bertz CT molecular complexity index is 835. The maximum absolute atomic E-state index is 12.8. The van der Waals surface area contributed by atoms with Gasteiger partial charge in [-0.1, -0.05) is 23.5 Å². The number of para-hydroxylation sites is 2. The molecule has 0 bridgehead atoms. The van der Waals surface area contributed by atoms with Gasteiger partial charge in [-0.05, 0) is 12.1 Å². The van der Waals surface area contributed by atoms with E-state index in [2.05, 4.69) is 10.3 Å². The Kier molecular flexibility index (Phi) is 4.04. The Labute approximate surface area is 148 Å². The second-order valence-corrected chi connectivity index (χ2v) is 7.03. The average molecular weight is 359 g/mol. The minimum absolute atomic E-state index is 0.0883. The number of fused-ring (bicyclic) bond motifs is 2. The van der Waals surface area contributed by atoms with Crippen LogP contribution in [0.15, 0.2) is 24.3 Å². The predicted molar refractivity (Wildman–Crippen MR) is 91.9 cm³/mol. The summed E-state index contributed by atoms with van der Waals surface area (Å²) in [5.41, 5.74) is 0.948. The van der Waals surface area contributed by atoms with Crippen LogP contribution in [0.5, 0.6) is 11.5 Å². The van der Waals surface area contributed by atoms with Crippen LogP contribution in [0.4, 0.5) is 5.13 Å². The molecule has 1 unspecified atom stereocenters. The Morgan fingerprint density at radius 1 is 1.32 bits per heavy atom. The zero-order valence-electron chi connectivity index (χ0n) is 13.7. The van der Waals surface area contributed by atoms with Gasteiger partial charge >= 0.3 is 0 Å². The van der Waals surface area contributed by atoms with Gasteiger partial charge in [-0.25, -0.2) is 4.98 Å². The molecule has 1 N–H and O–H groups in total. The molecule has 2 aliphatic heterocycles. The van der Waals surface area contributed by atoms with Gasteiger partial charge in [0.1, 0.15) is 6.61 Å². The number of carbonyl (C=O) groups is 2. The number of benzene rings is 1. The van der Waals surface area contributed by atoms with Crippen LogP contribution in [0.25, 0.3) is 0 Å². The molecule has 8 heteroatoms. The van der Waals surface area contributed by atoms with Crippen molar-refractivity contribution in [3.05, 3.63) is 34.8 Å². The molecule has 4 rings (SSSR count). The number of aromatic nitrogens is 1. The molecular formula is C17H17N3O4S. The molecule has 2 aromatic rings. The summed E-state index contributed by atoms with van der Waals surface area (Å²) in [5.74, 6) is 1.02. The van der Waals surface area contributed by atoms with Crippen LogP contribution >= 0.6 is 11.3 Å². The normalized spacial score (nSPS) is 18.4. The van der Waals surface area contributed by atoms with E-state index in [0.29, 0.717) is 36.1 Å². The van der Waals surface area contributed by atoms with Crippen molar-refractivity contribution >= 4 is 28.3 Å². The molecule has 0 aliphatic carbocycles. The van der Waals surface area contributed by atoms with Gasteiger partial charge in [-0.3, -0.25) is 9.59 Å². The average Bonchev–Trinajstić information content (AvgIpc) is 3.01. The fraction of sp³-hybridized carbons (Fsp3) is 0.353. The van der Waals surface area contributed by atoms with E-state index in [0.717, 1.165) is 10.6 Å². The summed E-state index contributed by atoms with van der Waals surface area (Å²) in [6.07, 6.45) is 0.0283. The van der Waals surface area contributed by atoms with Crippen LogP contribution in [0.3, 0.4) is 0 Å². The first kappa shape index (κ1) is 15.9. The van der Waals surface area contributed by atoms with Crippen molar-refractivity contribution in [3.63, 3.8) is 0 Å². The number of rotatable bonds is 2. The fourth-order valence-corrected chi connectivity index (χ4v) is 4.00. The lowest BCUT2D eigenvalue weighted by atomic mass is 10.1. The molecule has 2 amide bonds. The maximum atomic E-state index is 12.8. The quantitative estimate of drug-likeness (QED) is 0.885. The highest BCUT2D eigenvalue weighted by molar-refractivity contribution is 7.15. The number of amides is 2. The zero-order valence-corrected chi connectivity index (χ0v) is 14.5. The first-order valence-corrected chi connectivity index (χ1v) is 8.85. The van der Waals surface area contributed by atoms with E-state index in [9.17, 15) is 9.59 Å². The Balaban J connectivity index is 1.46. The third-order valence-electron chi connectivity index (χ3n) is 4.11. The number of nitrogens with zero attached hydrogens (tertiary/aromatic N) is 2. The van der Waals surface area contributed by atoms with Crippen LogP contribution in [0.2, 0.25) is 0 Å². The molecule has 1 aromatic heterocycles. The van der Waals surface area contributed by atoms with Gasteiger partial charge in [0, 0.05) is 24.8 Å². The van der Waals surface area contributed by atoms with Crippen LogP contribution < -0.4 is 14.8 Å². The number of hydrogen-bond acceptors (Lipinski definition) is 6. The molecule has 1 aromatic carbocycles. The number of carbonyl (C=O) groups excluding carboxylic acids is 2. The van der Waals surface area contributed by atoms with Crippen molar-refractivity contribution in [1.82, 2.24) is 9.88 Å². The second-order valence-electron chi connectivity index (χ2n) is 5.94. The Hall–Kier alpha value is -2.61. The van der Waals surface area contributed by atoms with E-state index < -0.39 is 6.10 Å². The number of thiazole rings is 1. The molecule has 0 saturated heterocycles. The summed E-state index contributed by atoms with van der Waals surface area (Å²) in [6, 6.07) is 7.34. The van der Waals surface area contributed by atoms with E-state index in [1.54, 1.807) is 11.0 Å². The van der Waals surface area contributed by atoms with Crippen molar-refractivity contribution in [3.8, 4) is 11.5 Å². The molecular weight excluding hydrogens is 342 g/mol. The lowest BCUT2D eigenvalue weighted by Crippen LogP contribution is -2.47. The highest BCUT2D eigenvalue weighted by Gasteiger charge is 2.33. The molecule has 0 fully saturated rings. The number of ether oxygens (including phenoxy) is 2. The van der Waals surface area contributed by atoms with Crippen LogP contribution in [0.1, 0.15) is 17.5 Å². The number of nitrogens with one attached hydrogen (secondary N) is 1. The number of hydrogen-bond donors (Lipinski definition) is 1. The third kappa shape index (κ3) is 3.17. The lowest BCUT2D eigenvalue weighted by molar-refractivity contribution is -0.142. The molecule has 0 radical (unpaired) electrons. The third-order valence-corrected chi connectivity index (χ3v) is 5.11. The van der Waals surface area contributed by atoms with E-state index in [1.165, 1.54) is 18.3 Å². The zero-order chi connectivity index (χ0) is 17.4. The van der Waals surface area contributed by atoms with E-state index in [4.69, 9.17) is 9.47 Å². The topological polar surface area (TPSA) is 80.8 Å².